The van der Waals surface area contributed by atoms with Crippen LogP contribution in [0, 0.1) is 11.8 Å². The molecule has 0 rings (SSSR count). The highest BCUT2D eigenvalue weighted by Gasteiger charge is 2.06. The molecule has 0 aliphatic heterocycles. The van der Waals surface area contributed by atoms with Crippen LogP contribution in [0.25, 0.3) is 0 Å². The zero-order valence-corrected chi connectivity index (χ0v) is 7.92. The van der Waals surface area contributed by atoms with Gasteiger partial charge in [0.1, 0.15) is 0 Å². The molecule has 2 nitrogen and oxygen atoms in total. The molecule has 0 aliphatic rings. The maximum Gasteiger partial charge on any atom is 0.0629 e. The van der Waals surface area contributed by atoms with Crippen molar-refractivity contribution in [2.24, 2.45) is 17.0 Å². The maximum atomic E-state index is 10.3. The summed E-state index contributed by atoms with van der Waals surface area (Å²) >= 11 is 0. The molecule has 11 heavy (non-hydrogen) atoms. The second-order valence-electron chi connectivity index (χ2n) is 3.85. The van der Waals surface area contributed by atoms with Gasteiger partial charge in [0.25, 0.3) is 0 Å². The van der Waals surface area contributed by atoms with Crippen LogP contribution in [0.5, 0.6) is 0 Å². The van der Waals surface area contributed by atoms with E-state index in [4.69, 9.17) is 0 Å². The smallest absolute Gasteiger partial charge is 0.0629 e. The number of rotatable bonds is 4. The lowest BCUT2D eigenvalue weighted by Gasteiger charge is -2.07. The summed E-state index contributed by atoms with van der Waals surface area (Å²) in [4.78, 5) is 0. The Morgan fingerprint density at radius 3 is 1.64 bits per heavy atom. The average Bonchev–Trinajstić information content (AvgIpc) is 1.84. The van der Waals surface area contributed by atoms with E-state index in [1.54, 1.807) is 0 Å². The summed E-state index contributed by atoms with van der Waals surface area (Å²) in [5, 5.41) is 13.3. The summed E-state index contributed by atoms with van der Waals surface area (Å²) < 4.78 is 0. The van der Waals surface area contributed by atoms with Gasteiger partial charge in [-0.1, -0.05) is 27.7 Å². The van der Waals surface area contributed by atoms with Gasteiger partial charge in [-0.3, -0.25) is 0 Å². The van der Waals surface area contributed by atoms with Crippen molar-refractivity contribution in [3.05, 3.63) is 0 Å². The highest BCUT2D eigenvalue weighted by molar-refractivity contribution is 5.84. The van der Waals surface area contributed by atoms with Crippen LogP contribution in [0.1, 0.15) is 40.5 Å². The van der Waals surface area contributed by atoms with Crippen LogP contribution in [0.2, 0.25) is 0 Å². The SMILES string of the molecule is CC(C)CC(CC(C)C)=N[O]. The molecule has 0 saturated heterocycles. The number of hydrogen-bond donors (Lipinski definition) is 0. The third-order valence-corrected chi connectivity index (χ3v) is 1.42. The first kappa shape index (κ1) is 10.5. The van der Waals surface area contributed by atoms with Crippen molar-refractivity contribution in [3.63, 3.8) is 0 Å². The molecule has 0 N–H and O–H groups in total. The quantitative estimate of drug-likeness (QED) is 0.443. The molecule has 0 aliphatic carbocycles. The maximum absolute atomic E-state index is 10.3. The van der Waals surface area contributed by atoms with E-state index in [9.17, 15) is 5.21 Å². The molecule has 0 saturated carbocycles. The Labute approximate surface area is 69.3 Å². The van der Waals surface area contributed by atoms with Crippen molar-refractivity contribution in [1.82, 2.24) is 0 Å². The lowest BCUT2D eigenvalue weighted by molar-refractivity contribution is 0.206. The van der Waals surface area contributed by atoms with Crippen molar-refractivity contribution in [2.45, 2.75) is 40.5 Å². The van der Waals surface area contributed by atoms with E-state index in [1.165, 1.54) is 0 Å². The normalized spacial score (nSPS) is 10.7. The first-order valence-electron chi connectivity index (χ1n) is 4.24. The van der Waals surface area contributed by atoms with Gasteiger partial charge in [-0.15, -0.1) is 5.21 Å². The van der Waals surface area contributed by atoms with Crippen molar-refractivity contribution in [2.75, 3.05) is 0 Å². The van der Waals surface area contributed by atoms with Gasteiger partial charge in [0.15, 0.2) is 0 Å². The summed E-state index contributed by atoms with van der Waals surface area (Å²) in [6, 6.07) is 0. The van der Waals surface area contributed by atoms with E-state index in [2.05, 4.69) is 32.9 Å². The third-order valence-electron chi connectivity index (χ3n) is 1.42. The van der Waals surface area contributed by atoms with Gasteiger partial charge < -0.3 is 0 Å². The molecule has 0 heterocycles. The van der Waals surface area contributed by atoms with Gasteiger partial charge >= 0.3 is 0 Å². The van der Waals surface area contributed by atoms with Gasteiger partial charge in [0, 0.05) is 0 Å². The second-order valence-corrected chi connectivity index (χ2v) is 3.85. The summed E-state index contributed by atoms with van der Waals surface area (Å²) in [5.74, 6) is 1.09. The fourth-order valence-electron chi connectivity index (χ4n) is 1.10. The molecule has 2 heteroatoms. The molecule has 0 aromatic carbocycles. The highest BCUT2D eigenvalue weighted by atomic mass is 16.4. The fourth-order valence-corrected chi connectivity index (χ4v) is 1.10. The molecular formula is C9H18NO. The number of hydrogen-bond acceptors (Lipinski definition) is 1. The van der Waals surface area contributed by atoms with Crippen molar-refractivity contribution in [3.8, 4) is 0 Å². The van der Waals surface area contributed by atoms with Gasteiger partial charge in [-0.25, -0.2) is 0 Å². The summed E-state index contributed by atoms with van der Waals surface area (Å²) in [6.45, 7) is 8.41. The third kappa shape index (κ3) is 5.89. The Kier molecular flexibility index (Phi) is 4.92. The van der Waals surface area contributed by atoms with E-state index in [-0.39, 0.29) is 0 Å². The van der Waals surface area contributed by atoms with Gasteiger partial charge in [0.2, 0.25) is 0 Å². The zero-order valence-electron chi connectivity index (χ0n) is 7.92. The van der Waals surface area contributed by atoms with E-state index in [1.807, 2.05) is 0 Å². The van der Waals surface area contributed by atoms with Crippen LogP contribution in [-0.2, 0) is 5.21 Å². The molecule has 0 aromatic rings. The van der Waals surface area contributed by atoms with Gasteiger partial charge in [-0.05, 0) is 29.8 Å². The van der Waals surface area contributed by atoms with E-state index in [0.717, 1.165) is 18.6 Å². The van der Waals surface area contributed by atoms with Crippen molar-refractivity contribution in [1.29, 1.82) is 0 Å². The van der Waals surface area contributed by atoms with Gasteiger partial charge in [-0.2, -0.15) is 0 Å². The summed E-state index contributed by atoms with van der Waals surface area (Å²) in [7, 11) is 0. The standard InChI is InChI=1S/C9H18NO/c1-7(2)5-9(10-11)6-8(3)4/h7-8H,5-6H2,1-4H3. The van der Waals surface area contributed by atoms with Crippen molar-refractivity contribution >= 4 is 5.71 Å². The highest BCUT2D eigenvalue weighted by Crippen LogP contribution is 2.09. The molecule has 0 unspecified atom stereocenters. The molecule has 0 fully saturated rings. The minimum absolute atomic E-state index is 0.543. The zero-order chi connectivity index (χ0) is 8.85. The van der Waals surface area contributed by atoms with Crippen molar-refractivity contribution < 1.29 is 5.21 Å². The van der Waals surface area contributed by atoms with Crippen LogP contribution in [0.15, 0.2) is 5.16 Å². The van der Waals surface area contributed by atoms with Crippen LogP contribution >= 0.6 is 0 Å². The molecule has 0 aromatic heterocycles. The predicted molar refractivity (Wildman–Crippen MR) is 47.0 cm³/mol. The number of nitrogens with zero attached hydrogens (tertiary/aromatic N) is 1. The van der Waals surface area contributed by atoms with Gasteiger partial charge in [0.05, 0.1) is 5.71 Å². The topological polar surface area (TPSA) is 32.3 Å². The van der Waals surface area contributed by atoms with E-state index in [0.29, 0.717) is 11.8 Å². The van der Waals surface area contributed by atoms with Crippen LogP contribution in [-0.4, -0.2) is 5.71 Å². The molecule has 65 valence electrons. The predicted octanol–water partition coefficient (Wildman–Crippen LogP) is 2.87. The summed E-state index contributed by atoms with van der Waals surface area (Å²) in [6.07, 6.45) is 1.70. The molecule has 0 spiro atoms. The van der Waals surface area contributed by atoms with E-state index < -0.39 is 0 Å². The summed E-state index contributed by atoms with van der Waals surface area (Å²) in [5.41, 5.74) is 0.815. The first-order valence-corrected chi connectivity index (χ1v) is 4.24. The van der Waals surface area contributed by atoms with Crippen LogP contribution in [0.4, 0.5) is 0 Å². The Balaban J connectivity index is 3.79. The molecule has 0 bridgehead atoms. The lowest BCUT2D eigenvalue weighted by Crippen LogP contribution is -2.06. The molecular weight excluding hydrogens is 138 g/mol. The monoisotopic (exact) mass is 156 g/mol. The average molecular weight is 156 g/mol. The molecule has 1 radical (unpaired) electrons. The molecule has 0 atom stereocenters. The fraction of sp³-hybridized carbons (Fsp3) is 0.889. The van der Waals surface area contributed by atoms with E-state index >= 15 is 0 Å². The Morgan fingerprint density at radius 2 is 1.45 bits per heavy atom. The molecule has 0 amide bonds. The second kappa shape index (κ2) is 5.16. The van der Waals surface area contributed by atoms with Crippen LogP contribution in [0.3, 0.4) is 0 Å². The Morgan fingerprint density at radius 1 is 1.09 bits per heavy atom. The lowest BCUT2D eigenvalue weighted by atomic mass is 9.99. The largest absolute Gasteiger partial charge is 0.145 e. The van der Waals surface area contributed by atoms with Crippen LogP contribution < -0.4 is 0 Å². The first-order chi connectivity index (χ1) is 5.06. The minimum Gasteiger partial charge on any atom is -0.145 e. The minimum atomic E-state index is 0.543. The Bertz CT molecular complexity index is 116. The Hall–Kier alpha value is -0.530.